The van der Waals surface area contributed by atoms with Gasteiger partial charge in [-0.05, 0) is 24.1 Å². The summed E-state index contributed by atoms with van der Waals surface area (Å²) in [5.74, 6) is 0.190. The van der Waals surface area contributed by atoms with Crippen molar-refractivity contribution in [2.24, 2.45) is 0 Å². The van der Waals surface area contributed by atoms with Crippen LogP contribution < -0.4 is 15.0 Å². The number of nitrogens with zero attached hydrogens (tertiary/aromatic N) is 3. The van der Waals surface area contributed by atoms with Crippen molar-refractivity contribution in [2.75, 3.05) is 44.7 Å². The van der Waals surface area contributed by atoms with Gasteiger partial charge in [0.15, 0.2) is 0 Å². The Balaban J connectivity index is 1.40. The molecule has 4 amide bonds. The second-order valence-electron chi connectivity index (χ2n) is 8.02. The van der Waals surface area contributed by atoms with Crippen molar-refractivity contribution in [3.05, 3.63) is 60.2 Å². The summed E-state index contributed by atoms with van der Waals surface area (Å²) in [4.78, 5) is 43.8. The topological polar surface area (TPSA) is 82.2 Å². The number of piperazine rings is 1. The summed E-state index contributed by atoms with van der Waals surface area (Å²) in [7, 11) is 1.64. The standard InChI is InChI=1S/C24H28N4O4/c1-3-24(18-8-5-4-6-9-18)22(30)28(23(31)25-24)17-21(29)27-14-12-26(13-15-27)19-10-7-11-20(16-19)32-2/h4-11,16H,3,12-15,17H2,1-2H3,(H,25,31)/t24-/m0/s1. The van der Waals surface area contributed by atoms with E-state index in [1.54, 1.807) is 12.0 Å². The molecule has 0 radical (unpaired) electrons. The Morgan fingerprint density at radius 3 is 2.41 bits per heavy atom. The second kappa shape index (κ2) is 8.90. The van der Waals surface area contributed by atoms with Crippen molar-refractivity contribution in [1.82, 2.24) is 15.1 Å². The third-order valence-corrected chi connectivity index (χ3v) is 6.32. The largest absolute Gasteiger partial charge is 0.497 e. The first kappa shape index (κ1) is 21.7. The molecule has 0 bridgehead atoms. The number of imide groups is 1. The number of nitrogens with one attached hydrogen (secondary N) is 1. The van der Waals surface area contributed by atoms with Crippen LogP contribution in [0, 0.1) is 0 Å². The van der Waals surface area contributed by atoms with Crippen LogP contribution in [0.1, 0.15) is 18.9 Å². The van der Waals surface area contributed by atoms with E-state index in [0.717, 1.165) is 21.9 Å². The Morgan fingerprint density at radius 1 is 1.03 bits per heavy atom. The van der Waals surface area contributed by atoms with Gasteiger partial charge in [-0.1, -0.05) is 43.3 Å². The van der Waals surface area contributed by atoms with Crippen LogP contribution in [0.25, 0.3) is 0 Å². The monoisotopic (exact) mass is 436 g/mol. The number of benzene rings is 2. The van der Waals surface area contributed by atoms with E-state index in [1.807, 2.05) is 61.5 Å². The molecule has 8 heteroatoms. The number of carbonyl (C=O) groups excluding carboxylic acids is 3. The first-order valence-electron chi connectivity index (χ1n) is 10.8. The van der Waals surface area contributed by atoms with Gasteiger partial charge in [0.25, 0.3) is 5.91 Å². The predicted molar refractivity (Wildman–Crippen MR) is 120 cm³/mol. The Labute approximate surface area is 187 Å². The molecule has 32 heavy (non-hydrogen) atoms. The van der Waals surface area contributed by atoms with E-state index in [-0.39, 0.29) is 18.4 Å². The summed E-state index contributed by atoms with van der Waals surface area (Å²) in [6, 6.07) is 16.5. The van der Waals surface area contributed by atoms with Crippen LogP contribution in [0.15, 0.2) is 54.6 Å². The number of carbonyl (C=O) groups is 3. The fourth-order valence-corrected chi connectivity index (χ4v) is 4.39. The molecule has 0 aromatic heterocycles. The van der Waals surface area contributed by atoms with Crippen LogP contribution in [-0.4, -0.2) is 67.5 Å². The number of hydrogen-bond donors (Lipinski definition) is 1. The molecular weight excluding hydrogens is 408 g/mol. The Kier molecular flexibility index (Phi) is 6.03. The highest BCUT2D eigenvalue weighted by Crippen LogP contribution is 2.32. The lowest BCUT2D eigenvalue weighted by Crippen LogP contribution is -2.52. The molecule has 2 saturated heterocycles. The van der Waals surface area contributed by atoms with E-state index in [4.69, 9.17) is 4.74 Å². The van der Waals surface area contributed by atoms with Gasteiger partial charge >= 0.3 is 6.03 Å². The van der Waals surface area contributed by atoms with Crippen molar-refractivity contribution in [1.29, 1.82) is 0 Å². The molecule has 2 aromatic rings. The summed E-state index contributed by atoms with van der Waals surface area (Å²) in [5.41, 5.74) is 0.646. The highest BCUT2D eigenvalue weighted by Gasteiger charge is 2.51. The lowest BCUT2D eigenvalue weighted by molar-refractivity contribution is -0.139. The van der Waals surface area contributed by atoms with E-state index >= 15 is 0 Å². The molecule has 0 unspecified atom stereocenters. The van der Waals surface area contributed by atoms with Gasteiger partial charge in [-0.15, -0.1) is 0 Å². The number of rotatable bonds is 6. The Morgan fingerprint density at radius 2 is 1.75 bits per heavy atom. The van der Waals surface area contributed by atoms with Gasteiger partial charge in [0, 0.05) is 37.9 Å². The molecule has 4 rings (SSSR count). The molecule has 2 aromatic carbocycles. The van der Waals surface area contributed by atoms with Gasteiger partial charge in [0.2, 0.25) is 5.91 Å². The van der Waals surface area contributed by atoms with Crippen LogP contribution in [0.5, 0.6) is 5.75 Å². The van der Waals surface area contributed by atoms with Gasteiger partial charge in [-0.25, -0.2) is 4.79 Å². The molecule has 0 aliphatic carbocycles. The smallest absolute Gasteiger partial charge is 0.325 e. The van der Waals surface area contributed by atoms with E-state index in [1.165, 1.54) is 0 Å². The van der Waals surface area contributed by atoms with Gasteiger partial charge in [-0.2, -0.15) is 0 Å². The number of amides is 4. The maximum Gasteiger partial charge on any atom is 0.325 e. The van der Waals surface area contributed by atoms with Crippen LogP contribution in [0.2, 0.25) is 0 Å². The summed E-state index contributed by atoms with van der Waals surface area (Å²) < 4.78 is 5.29. The van der Waals surface area contributed by atoms with Crippen LogP contribution in [0.4, 0.5) is 10.5 Å². The average Bonchev–Trinajstić information content (AvgIpc) is 3.09. The van der Waals surface area contributed by atoms with E-state index in [0.29, 0.717) is 32.6 Å². The van der Waals surface area contributed by atoms with Crippen molar-refractivity contribution >= 4 is 23.5 Å². The minimum atomic E-state index is -1.12. The molecule has 8 nitrogen and oxygen atoms in total. The maximum atomic E-state index is 13.2. The maximum absolute atomic E-state index is 13.2. The SMILES string of the molecule is CC[C@@]1(c2ccccc2)NC(=O)N(CC(=O)N2CCN(c3cccc(OC)c3)CC2)C1=O. The molecule has 0 saturated carbocycles. The summed E-state index contributed by atoms with van der Waals surface area (Å²) in [6.45, 7) is 3.99. The minimum Gasteiger partial charge on any atom is -0.497 e. The summed E-state index contributed by atoms with van der Waals surface area (Å²) >= 11 is 0. The molecular formula is C24H28N4O4. The molecule has 2 heterocycles. The highest BCUT2D eigenvalue weighted by molar-refractivity contribution is 6.09. The van der Waals surface area contributed by atoms with Crippen molar-refractivity contribution in [3.63, 3.8) is 0 Å². The molecule has 2 aliphatic rings. The molecule has 2 fully saturated rings. The normalized spacial score (nSPS) is 21.0. The second-order valence-corrected chi connectivity index (χ2v) is 8.02. The van der Waals surface area contributed by atoms with Gasteiger partial charge in [0.05, 0.1) is 7.11 Å². The van der Waals surface area contributed by atoms with Crippen molar-refractivity contribution < 1.29 is 19.1 Å². The third-order valence-electron chi connectivity index (χ3n) is 6.32. The number of urea groups is 1. The van der Waals surface area contributed by atoms with E-state index in [9.17, 15) is 14.4 Å². The van der Waals surface area contributed by atoms with Crippen LogP contribution in [0.3, 0.4) is 0 Å². The highest BCUT2D eigenvalue weighted by atomic mass is 16.5. The Hall–Kier alpha value is -3.55. The molecule has 1 atom stereocenters. The van der Waals surface area contributed by atoms with Crippen LogP contribution >= 0.6 is 0 Å². The summed E-state index contributed by atoms with van der Waals surface area (Å²) in [6.07, 6.45) is 0.408. The van der Waals surface area contributed by atoms with Crippen LogP contribution in [-0.2, 0) is 15.1 Å². The molecule has 0 spiro atoms. The fourth-order valence-electron chi connectivity index (χ4n) is 4.39. The van der Waals surface area contributed by atoms with Crippen molar-refractivity contribution in [2.45, 2.75) is 18.9 Å². The van der Waals surface area contributed by atoms with Gasteiger partial charge in [0.1, 0.15) is 17.8 Å². The predicted octanol–water partition coefficient (Wildman–Crippen LogP) is 2.20. The van der Waals surface area contributed by atoms with Gasteiger partial charge in [-0.3, -0.25) is 14.5 Å². The number of hydrogen-bond acceptors (Lipinski definition) is 5. The molecule has 1 N–H and O–H groups in total. The fraction of sp³-hybridized carbons (Fsp3) is 0.375. The third kappa shape index (κ3) is 3.88. The zero-order chi connectivity index (χ0) is 22.7. The first-order valence-corrected chi connectivity index (χ1v) is 10.8. The zero-order valence-electron chi connectivity index (χ0n) is 18.4. The number of methoxy groups -OCH3 is 1. The zero-order valence-corrected chi connectivity index (χ0v) is 18.4. The van der Waals surface area contributed by atoms with Crippen molar-refractivity contribution in [3.8, 4) is 5.75 Å². The van der Waals surface area contributed by atoms with E-state index < -0.39 is 11.6 Å². The average molecular weight is 437 g/mol. The first-order chi connectivity index (χ1) is 15.5. The molecule has 168 valence electrons. The Bertz CT molecular complexity index is 1000. The minimum absolute atomic E-state index is 0.223. The number of ether oxygens (including phenoxy) is 1. The van der Waals surface area contributed by atoms with Gasteiger partial charge < -0.3 is 19.9 Å². The lowest BCUT2D eigenvalue weighted by atomic mass is 9.87. The lowest BCUT2D eigenvalue weighted by Gasteiger charge is -2.36. The summed E-state index contributed by atoms with van der Waals surface area (Å²) in [5, 5.41) is 2.83. The molecule has 2 aliphatic heterocycles. The number of anilines is 1. The quantitative estimate of drug-likeness (QED) is 0.702. The van der Waals surface area contributed by atoms with E-state index in [2.05, 4.69) is 10.2 Å².